The van der Waals surface area contributed by atoms with Gasteiger partial charge in [0.2, 0.25) is 0 Å². The minimum atomic E-state index is -0.935. The molecule has 0 heterocycles. The summed E-state index contributed by atoms with van der Waals surface area (Å²) in [5.41, 5.74) is 0.704. The predicted molar refractivity (Wildman–Crippen MR) is 187 cm³/mol. The van der Waals surface area contributed by atoms with Gasteiger partial charge in [-0.05, 0) is 53.4 Å². The Hall–Kier alpha value is -3.32. The highest BCUT2D eigenvalue weighted by Gasteiger charge is 1.93. The highest BCUT2D eigenvalue weighted by atomic mass is 16.4. The lowest BCUT2D eigenvalue weighted by molar-refractivity contribution is -0.133. The van der Waals surface area contributed by atoms with Crippen LogP contribution in [0.15, 0.2) is 48.6 Å². The first-order valence-corrected chi connectivity index (χ1v) is 15.9. The van der Waals surface area contributed by atoms with Gasteiger partial charge in [0, 0.05) is 48.7 Å². The van der Waals surface area contributed by atoms with Gasteiger partial charge in [-0.25, -0.2) is 19.2 Å². The van der Waals surface area contributed by atoms with Crippen molar-refractivity contribution in [1.29, 1.82) is 0 Å². The van der Waals surface area contributed by atoms with Crippen molar-refractivity contribution in [3.63, 3.8) is 0 Å². The maximum Gasteiger partial charge on any atom is 0.330 e. The van der Waals surface area contributed by atoms with Gasteiger partial charge < -0.3 is 40.9 Å². The van der Waals surface area contributed by atoms with Crippen LogP contribution < -0.4 is 0 Å². The van der Waals surface area contributed by atoms with Gasteiger partial charge in [-0.2, -0.15) is 0 Å². The first kappa shape index (κ1) is 56.0. The molecule has 0 aromatic heterocycles. The molecule has 0 unspecified atom stereocenters. The van der Waals surface area contributed by atoms with Crippen molar-refractivity contribution in [3.8, 4) is 0 Å². The van der Waals surface area contributed by atoms with Crippen molar-refractivity contribution in [2.75, 3.05) is 26.4 Å². The standard InChI is InChI=1S/C10H22O2.C9H20O2.4C4H6O2/c11-9-7-5-3-1-2-4-6-8-10-12;10-8-6-4-2-1-3-5-7-9-11;4*1-3(2)4(5)6/h11-12H,1-10H2;10-11H,1-9H2;4*1H2,2H3,(H,5,6). The van der Waals surface area contributed by atoms with Crippen molar-refractivity contribution in [2.45, 2.75) is 124 Å². The molecule has 8 N–H and O–H groups in total. The molecule has 0 atom stereocenters. The summed E-state index contributed by atoms with van der Waals surface area (Å²) >= 11 is 0. The molecule has 0 radical (unpaired) electrons. The van der Waals surface area contributed by atoms with E-state index in [0.717, 1.165) is 51.4 Å². The van der Waals surface area contributed by atoms with Crippen LogP contribution in [0.4, 0.5) is 0 Å². The summed E-state index contributed by atoms with van der Waals surface area (Å²) in [4.78, 5) is 38.4. The van der Waals surface area contributed by atoms with Crippen LogP contribution in [-0.4, -0.2) is 91.2 Å². The number of carboxylic acid groups (broad SMARTS) is 4. The molecule has 0 aromatic rings. The Morgan fingerprint density at radius 3 is 0.468 bits per heavy atom. The molecule has 0 amide bonds. The van der Waals surface area contributed by atoms with E-state index in [1.54, 1.807) is 0 Å². The average molecular weight is 679 g/mol. The highest BCUT2D eigenvalue weighted by molar-refractivity contribution is 5.85. The molecule has 0 fully saturated rings. The lowest BCUT2D eigenvalue weighted by atomic mass is 10.1. The minimum Gasteiger partial charge on any atom is -0.478 e. The molecule has 0 rings (SSSR count). The van der Waals surface area contributed by atoms with Crippen LogP contribution in [0.3, 0.4) is 0 Å². The first-order valence-electron chi connectivity index (χ1n) is 15.9. The number of aliphatic hydroxyl groups excluding tert-OH is 4. The summed E-state index contributed by atoms with van der Waals surface area (Å²) in [5, 5.41) is 65.5. The first-order chi connectivity index (χ1) is 21.9. The van der Waals surface area contributed by atoms with Gasteiger partial charge in [-0.3, -0.25) is 0 Å². The zero-order chi connectivity index (χ0) is 38.1. The molecule has 0 aliphatic rings. The Balaban J connectivity index is -0.000000111. The van der Waals surface area contributed by atoms with Crippen molar-refractivity contribution >= 4 is 23.9 Å². The molecule has 0 aromatic carbocycles. The van der Waals surface area contributed by atoms with Crippen LogP contribution in [0.2, 0.25) is 0 Å². The Labute approximate surface area is 282 Å². The summed E-state index contributed by atoms with van der Waals surface area (Å²) in [6.07, 6.45) is 17.2. The van der Waals surface area contributed by atoms with Crippen LogP contribution in [0, 0.1) is 0 Å². The van der Waals surface area contributed by atoms with E-state index in [1.165, 1.54) is 72.6 Å². The number of carboxylic acids is 4. The third-order valence-electron chi connectivity index (χ3n) is 5.34. The van der Waals surface area contributed by atoms with E-state index in [0.29, 0.717) is 26.4 Å². The normalized spacial score (nSPS) is 8.94. The maximum atomic E-state index is 9.60. The summed E-state index contributed by atoms with van der Waals surface area (Å²) in [5.74, 6) is -3.74. The maximum absolute atomic E-state index is 9.60. The minimum absolute atomic E-state index is 0.176. The van der Waals surface area contributed by atoms with E-state index in [-0.39, 0.29) is 22.3 Å². The molecular weight excluding hydrogens is 612 g/mol. The smallest absolute Gasteiger partial charge is 0.330 e. The zero-order valence-electron chi connectivity index (χ0n) is 29.5. The zero-order valence-corrected chi connectivity index (χ0v) is 29.5. The molecular formula is C35H66O12. The average Bonchev–Trinajstić information content (AvgIpc) is 2.99. The summed E-state index contributed by atoms with van der Waals surface area (Å²) in [6.45, 7) is 19.7. The lowest BCUT2D eigenvalue weighted by Crippen LogP contribution is -1.92. The van der Waals surface area contributed by atoms with Crippen molar-refractivity contribution in [2.24, 2.45) is 0 Å². The molecule has 47 heavy (non-hydrogen) atoms. The van der Waals surface area contributed by atoms with Crippen LogP contribution in [-0.2, 0) is 19.2 Å². The quantitative estimate of drug-likeness (QED) is 0.0488. The molecule has 0 saturated carbocycles. The van der Waals surface area contributed by atoms with E-state index < -0.39 is 23.9 Å². The van der Waals surface area contributed by atoms with E-state index in [4.69, 9.17) is 40.9 Å². The fourth-order valence-corrected chi connectivity index (χ4v) is 2.39. The van der Waals surface area contributed by atoms with Crippen LogP contribution in [0.5, 0.6) is 0 Å². The number of aliphatic carboxylic acids is 4. The molecule has 0 spiro atoms. The highest BCUT2D eigenvalue weighted by Crippen LogP contribution is 2.08. The number of unbranched alkanes of at least 4 members (excludes halogenated alkanes) is 13. The second-order valence-electron chi connectivity index (χ2n) is 10.5. The summed E-state index contributed by atoms with van der Waals surface area (Å²) < 4.78 is 0. The van der Waals surface area contributed by atoms with Gasteiger partial charge in [-0.15, -0.1) is 0 Å². The van der Waals surface area contributed by atoms with Crippen LogP contribution >= 0.6 is 0 Å². The van der Waals surface area contributed by atoms with E-state index >= 15 is 0 Å². The Kier molecular flexibility index (Phi) is 56.1. The van der Waals surface area contributed by atoms with Gasteiger partial charge in [0.1, 0.15) is 0 Å². The lowest BCUT2D eigenvalue weighted by Gasteiger charge is -1.99. The fraction of sp³-hybridized carbons (Fsp3) is 0.657. The van der Waals surface area contributed by atoms with Crippen molar-refractivity contribution in [1.82, 2.24) is 0 Å². The third-order valence-corrected chi connectivity index (χ3v) is 5.34. The number of hydrogen-bond acceptors (Lipinski definition) is 8. The number of aliphatic hydroxyl groups is 4. The van der Waals surface area contributed by atoms with Crippen LogP contribution in [0.1, 0.15) is 124 Å². The van der Waals surface area contributed by atoms with Gasteiger partial charge in [0.25, 0.3) is 0 Å². The SMILES string of the molecule is C=C(C)C(=O)O.C=C(C)C(=O)O.C=C(C)C(=O)O.C=C(C)C(=O)O.OCCCCCCCCCCO.OCCCCCCCCCO. The summed E-state index contributed by atoms with van der Waals surface area (Å²) in [6, 6.07) is 0. The largest absolute Gasteiger partial charge is 0.478 e. The van der Waals surface area contributed by atoms with Gasteiger partial charge in [-0.1, -0.05) is 96.9 Å². The molecule has 0 aliphatic carbocycles. The molecule has 12 nitrogen and oxygen atoms in total. The third kappa shape index (κ3) is 80.2. The predicted octanol–water partition coefficient (Wildman–Crippen LogP) is 6.38. The fourth-order valence-electron chi connectivity index (χ4n) is 2.39. The number of carbonyl (C=O) groups is 4. The molecule has 0 bridgehead atoms. The Morgan fingerprint density at radius 1 is 0.319 bits per heavy atom. The van der Waals surface area contributed by atoms with E-state index in [1.807, 2.05) is 0 Å². The van der Waals surface area contributed by atoms with Crippen LogP contribution in [0.25, 0.3) is 0 Å². The monoisotopic (exact) mass is 678 g/mol. The number of hydrogen-bond donors (Lipinski definition) is 8. The van der Waals surface area contributed by atoms with Gasteiger partial charge in [0.15, 0.2) is 0 Å². The molecule has 0 aliphatic heterocycles. The summed E-state index contributed by atoms with van der Waals surface area (Å²) in [7, 11) is 0. The second-order valence-corrected chi connectivity index (χ2v) is 10.5. The van der Waals surface area contributed by atoms with Crippen molar-refractivity contribution in [3.05, 3.63) is 48.6 Å². The second kappa shape index (κ2) is 47.1. The molecule has 278 valence electrons. The molecule has 12 heteroatoms. The molecule has 0 saturated heterocycles. The Morgan fingerprint density at radius 2 is 0.404 bits per heavy atom. The van der Waals surface area contributed by atoms with Gasteiger partial charge >= 0.3 is 23.9 Å². The Bertz CT molecular complexity index is 657. The number of rotatable bonds is 21. The van der Waals surface area contributed by atoms with Gasteiger partial charge in [0.05, 0.1) is 0 Å². The van der Waals surface area contributed by atoms with E-state index in [2.05, 4.69) is 26.3 Å². The van der Waals surface area contributed by atoms with E-state index in [9.17, 15) is 19.2 Å². The van der Waals surface area contributed by atoms with Crippen molar-refractivity contribution < 1.29 is 60.0 Å². The topological polar surface area (TPSA) is 230 Å².